The van der Waals surface area contributed by atoms with Gasteiger partial charge in [-0.1, -0.05) is 24.4 Å². The lowest BCUT2D eigenvalue weighted by atomic mass is 10.1. The molecule has 7 heteroatoms. The number of methoxy groups -OCH3 is 1. The summed E-state index contributed by atoms with van der Waals surface area (Å²) in [5.74, 6) is -1.25. The molecule has 0 amide bonds. The van der Waals surface area contributed by atoms with Gasteiger partial charge in [0.25, 0.3) is 0 Å². The molecule has 1 rings (SSSR count). The van der Waals surface area contributed by atoms with Gasteiger partial charge in [-0.05, 0) is 17.7 Å². The molecule has 0 radical (unpaired) electrons. The first-order chi connectivity index (χ1) is 8.84. The van der Waals surface area contributed by atoms with Crippen LogP contribution in [0, 0.1) is 5.92 Å². The van der Waals surface area contributed by atoms with Crippen molar-refractivity contribution in [2.45, 2.75) is 12.8 Å². The highest BCUT2D eigenvalue weighted by atomic mass is 32.1. The van der Waals surface area contributed by atoms with Crippen molar-refractivity contribution in [2.75, 3.05) is 13.7 Å². The first kappa shape index (κ1) is 15.7. The van der Waals surface area contributed by atoms with E-state index >= 15 is 0 Å². The van der Waals surface area contributed by atoms with E-state index in [-0.39, 0.29) is 6.61 Å². The molecule has 0 heterocycles. The van der Waals surface area contributed by atoms with Crippen molar-refractivity contribution in [3.63, 3.8) is 0 Å². The van der Waals surface area contributed by atoms with Crippen LogP contribution in [0.4, 0.5) is 13.2 Å². The SMILES string of the molecule is COc1ccc(COCC(C(N)=S)C(F)(F)F)cc1. The summed E-state index contributed by atoms with van der Waals surface area (Å²) in [7, 11) is 1.53. The minimum Gasteiger partial charge on any atom is -0.497 e. The minimum atomic E-state index is -4.48. The predicted molar refractivity (Wildman–Crippen MR) is 69.0 cm³/mol. The molecule has 0 aromatic heterocycles. The van der Waals surface area contributed by atoms with E-state index in [1.165, 1.54) is 7.11 Å². The Morgan fingerprint density at radius 1 is 1.32 bits per heavy atom. The van der Waals surface area contributed by atoms with Gasteiger partial charge >= 0.3 is 6.18 Å². The second-order valence-corrected chi connectivity index (χ2v) is 4.33. The minimum absolute atomic E-state index is 0.0547. The van der Waals surface area contributed by atoms with Crippen molar-refractivity contribution in [1.82, 2.24) is 0 Å². The predicted octanol–water partition coefficient (Wildman–Crippen LogP) is 2.68. The number of thiocarbonyl (C=S) groups is 1. The van der Waals surface area contributed by atoms with Gasteiger partial charge in [-0.25, -0.2) is 0 Å². The number of halogens is 3. The Morgan fingerprint density at radius 2 is 1.89 bits per heavy atom. The molecule has 0 aliphatic carbocycles. The highest BCUT2D eigenvalue weighted by molar-refractivity contribution is 7.80. The molecule has 0 saturated carbocycles. The van der Waals surface area contributed by atoms with Gasteiger partial charge in [0.15, 0.2) is 0 Å². The molecule has 0 saturated heterocycles. The lowest BCUT2D eigenvalue weighted by Crippen LogP contribution is -2.37. The molecule has 0 bridgehead atoms. The van der Waals surface area contributed by atoms with Crippen molar-refractivity contribution >= 4 is 17.2 Å². The second kappa shape index (κ2) is 6.72. The summed E-state index contributed by atoms with van der Waals surface area (Å²) in [6.07, 6.45) is -4.48. The smallest absolute Gasteiger partial charge is 0.400 e. The third kappa shape index (κ3) is 5.04. The van der Waals surface area contributed by atoms with Gasteiger partial charge in [-0.3, -0.25) is 0 Å². The molecule has 0 aliphatic rings. The second-order valence-electron chi connectivity index (χ2n) is 3.86. The summed E-state index contributed by atoms with van der Waals surface area (Å²) in [6, 6.07) is 6.82. The van der Waals surface area contributed by atoms with E-state index in [0.717, 1.165) is 5.56 Å². The van der Waals surface area contributed by atoms with E-state index in [2.05, 4.69) is 12.2 Å². The van der Waals surface area contributed by atoms with Crippen molar-refractivity contribution in [1.29, 1.82) is 0 Å². The van der Waals surface area contributed by atoms with Crippen LogP contribution >= 0.6 is 12.2 Å². The van der Waals surface area contributed by atoms with E-state index in [0.29, 0.717) is 5.75 Å². The zero-order chi connectivity index (χ0) is 14.5. The molecule has 0 spiro atoms. The quantitative estimate of drug-likeness (QED) is 0.819. The standard InChI is InChI=1S/C12H14F3NO2S/c1-17-9-4-2-8(3-5-9)6-18-7-10(11(16)19)12(13,14)15/h2-5,10H,6-7H2,1H3,(H2,16,19). The van der Waals surface area contributed by atoms with Crippen LogP contribution in [0.5, 0.6) is 5.75 Å². The van der Waals surface area contributed by atoms with Crippen molar-refractivity contribution in [3.05, 3.63) is 29.8 Å². The van der Waals surface area contributed by atoms with E-state index in [1.807, 2.05) is 0 Å². The molecule has 19 heavy (non-hydrogen) atoms. The number of benzene rings is 1. The van der Waals surface area contributed by atoms with Crippen LogP contribution in [0.25, 0.3) is 0 Å². The molecule has 1 atom stereocenters. The molecule has 1 aromatic rings. The van der Waals surface area contributed by atoms with Crippen molar-refractivity contribution < 1.29 is 22.6 Å². The van der Waals surface area contributed by atoms with Gasteiger partial charge in [-0.15, -0.1) is 0 Å². The van der Waals surface area contributed by atoms with Crippen LogP contribution in [-0.4, -0.2) is 24.9 Å². The summed E-state index contributed by atoms with van der Waals surface area (Å²) >= 11 is 4.39. The largest absolute Gasteiger partial charge is 0.497 e. The van der Waals surface area contributed by atoms with Crippen LogP contribution in [0.3, 0.4) is 0 Å². The molecule has 0 fully saturated rings. The average Bonchev–Trinajstić information content (AvgIpc) is 2.33. The first-order valence-corrected chi connectivity index (χ1v) is 5.82. The van der Waals surface area contributed by atoms with E-state index in [1.54, 1.807) is 24.3 Å². The Hall–Kier alpha value is -1.34. The fourth-order valence-corrected chi connectivity index (χ4v) is 1.56. The lowest BCUT2D eigenvalue weighted by Gasteiger charge is -2.18. The molecule has 0 aliphatic heterocycles. The number of hydrogen-bond donors (Lipinski definition) is 1. The monoisotopic (exact) mass is 293 g/mol. The Morgan fingerprint density at radius 3 is 2.32 bits per heavy atom. The summed E-state index contributed by atoms with van der Waals surface area (Å²) in [4.78, 5) is -0.609. The Balaban J connectivity index is 2.50. The maximum Gasteiger partial charge on any atom is 0.400 e. The van der Waals surface area contributed by atoms with Crippen LogP contribution < -0.4 is 10.5 Å². The highest BCUT2D eigenvalue weighted by Crippen LogP contribution is 2.27. The molecular weight excluding hydrogens is 279 g/mol. The highest BCUT2D eigenvalue weighted by Gasteiger charge is 2.41. The summed E-state index contributed by atoms with van der Waals surface area (Å²) in [6.45, 7) is -0.524. The number of rotatable bonds is 6. The fourth-order valence-electron chi connectivity index (χ4n) is 1.35. The van der Waals surface area contributed by atoms with E-state index < -0.39 is 23.7 Å². The molecule has 106 valence electrons. The van der Waals surface area contributed by atoms with E-state index in [4.69, 9.17) is 15.2 Å². The Bertz CT molecular complexity index is 420. The number of ether oxygens (including phenoxy) is 2. The summed E-state index contributed by atoms with van der Waals surface area (Å²) < 4.78 is 47.6. The third-order valence-electron chi connectivity index (χ3n) is 2.45. The first-order valence-electron chi connectivity index (χ1n) is 5.41. The van der Waals surface area contributed by atoms with Gasteiger partial charge in [0.2, 0.25) is 0 Å². The third-order valence-corrected chi connectivity index (χ3v) is 2.74. The van der Waals surface area contributed by atoms with Gasteiger partial charge in [0.1, 0.15) is 11.7 Å². The Kier molecular flexibility index (Phi) is 5.56. The Labute approximate surface area is 114 Å². The fraction of sp³-hybridized carbons (Fsp3) is 0.417. The molecule has 3 nitrogen and oxygen atoms in total. The normalized spacial score (nSPS) is 13.1. The van der Waals surface area contributed by atoms with E-state index in [9.17, 15) is 13.2 Å². The number of alkyl halides is 3. The lowest BCUT2D eigenvalue weighted by molar-refractivity contribution is -0.168. The maximum absolute atomic E-state index is 12.5. The van der Waals surface area contributed by atoms with Crippen molar-refractivity contribution in [3.8, 4) is 5.75 Å². The number of hydrogen-bond acceptors (Lipinski definition) is 3. The van der Waals surface area contributed by atoms with Crippen LogP contribution in [0.1, 0.15) is 5.56 Å². The maximum atomic E-state index is 12.5. The van der Waals surface area contributed by atoms with Gasteiger partial charge in [-0.2, -0.15) is 13.2 Å². The molecule has 1 aromatic carbocycles. The van der Waals surface area contributed by atoms with Gasteiger partial charge < -0.3 is 15.2 Å². The summed E-state index contributed by atoms with van der Waals surface area (Å²) in [5, 5.41) is 0. The van der Waals surface area contributed by atoms with Gasteiger partial charge in [0.05, 0.1) is 25.3 Å². The summed E-state index contributed by atoms with van der Waals surface area (Å²) in [5.41, 5.74) is 5.80. The molecular formula is C12H14F3NO2S. The number of nitrogens with two attached hydrogens (primary N) is 1. The van der Waals surface area contributed by atoms with Gasteiger partial charge in [0, 0.05) is 0 Å². The zero-order valence-electron chi connectivity index (χ0n) is 10.2. The molecule has 2 N–H and O–H groups in total. The molecule has 1 unspecified atom stereocenters. The topological polar surface area (TPSA) is 44.5 Å². The average molecular weight is 293 g/mol. The zero-order valence-corrected chi connectivity index (χ0v) is 11.1. The van der Waals surface area contributed by atoms with Crippen LogP contribution in [-0.2, 0) is 11.3 Å². The van der Waals surface area contributed by atoms with Crippen molar-refractivity contribution in [2.24, 2.45) is 11.7 Å². The van der Waals surface area contributed by atoms with Crippen LogP contribution in [0.15, 0.2) is 24.3 Å². The van der Waals surface area contributed by atoms with Crippen LogP contribution in [0.2, 0.25) is 0 Å².